The van der Waals surface area contributed by atoms with Crippen LogP contribution in [-0.2, 0) is 16.1 Å². The highest BCUT2D eigenvalue weighted by molar-refractivity contribution is 7.20. The summed E-state index contributed by atoms with van der Waals surface area (Å²) < 4.78 is 8.03. The Labute approximate surface area is 209 Å². The summed E-state index contributed by atoms with van der Waals surface area (Å²) in [7, 11) is 1.79. The van der Waals surface area contributed by atoms with Crippen LogP contribution in [0.5, 0.6) is 0 Å². The molecule has 0 atom stereocenters. The highest BCUT2D eigenvalue weighted by Crippen LogP contribution is 2.28. The minimum absolute atomic E-state index is 0.0106. The Morgan fingerprint density at radius 1 is 1.18 bits per heavy atom. The van der Waals surface area contributed by atoms with Gasteiger partial charge in [-0.15, -0.1) is 11.3 Å². The molecule has 0 aliphatic heterocycles. The maximum absolute atomic E-state index is 12.9. The summed E-state index contributed by atoms with van der Waals surface area (Å²) in [5, 5.41) is 6.28. The zero-order valence-electron chi connectivity index (χ0n) is 20.1. The quantitative estimate of drug-likeness (QED) is 0.303. The number of aromatic nitrogens is 2. The van der Waals surface area contributed by atoms with Crippen LogP contribution in [-0.4, -0.2) is 41.8 Å². The number of ether oxygens (including phenoxy) is 1. The molecule has 0 fully saturated rings. The highest BCUT2D eigenvalue weighted by Gasteiger charge is 2.21. The van der Waals surface area contributed by atoms with Crippen molar-refractivity contribution in [3.63, 3.8) is 0 Å². The number of aryl methyl sites for hydroxylation is 1. The Morgan fingerprint density at radius 2 is 1.94 bits per heavy atom. The maximum Gasteiger partial charge on any atom is 0.326 e. The average Bonchev–Trinajstić information content (AvgIpc) is 3.38. The van der Waals surface area contributed by atoms with Gasteiger partial charge in [0, 0.05) is 38.4 Å². The number of hydrogen-bond donors (Lipinski definition) is 2. The highest BCUT2D eigenvalue weighted by atomic mass is 35.5. The number of nitrogens with one attached hydrogen (secondary N) is 2. The van der Waals surface area contributed by atoms with Gasteiger partial charge in [-0.25, -0.2) is 9.78 Å². The first-order valence-corrected chi connectivity index (χ1v) is 12.8. The first-order chi connectivity index (χ1) is 16.4. The number of nitrogens with zero attached hydrogens (tertiary/aromatic N) is 3. The van der Waals surface area contributed by atoms with Crippen molar-refractivity contribution in [2.24, 2.45) is 5.92 Å². The predicted molar refractivity (Wildman–Crippen MR) is 140 cm³/mol. The van der Waals surface area contributed by atoms with Crippen LogP contribution in [0.3, 0.4) is 0 Å². The van der Waals surface area contributed by atoms with Crippen molar-refractivity contribution < 1.29 is 14.3 Å². The third kappa shape index (κ3) is 6.28. The fourth-order valence-corrected chi connectivity index (χ4v) is 4.72. The standard InChI is InChI=1S/C24H32ClN5O3S/c1-5-16(6-2)22(31)29(4)17-9-10-19-18(15-17)26-23(30(19)13-8-14-33-7-3)28-24(32)27-21-12-11-20(25)34-21/h9-12,15-16H,5-8,13-14H2,1-4H3,(H2,26,27,28,32). The predicted octanol–water partition coefficient (Wildman–Crippen LogP) is 6.22. The molecule has 8 nitrogen and oxygen atoms in total. The van der Waals surface area contributed by atoms with Crippen LogP contribution in [0.4, 0.5) is 21.4 Å². The number of amides is 3. The Hall–Kier alpha value is -2.62. The molecule has 2 heterocycles. The number of carbonyl (C=O) groups is 2. The number of benzene rings is 1. The van der Waals surface area contributed by atoms with Gasteiger partial charge in [-0.3, -0.25) is 15.4 Å². The molecule has 0 aliphatic rings. The van der Waals surface area contributed by atoms with Gasteiger partial charge in [0.25, 0.3) is 0 Å². The topological polar surface area (TPSA) is 88.5 Å². The van der Waals surface area contributed by atoms with E-state index in [-0.39, 0.29) is 11.8 Å². The normalized spacial score (nSPS) is 11.2. The molecule has 0 saturated carbocycles. The van der Waals surface area contributed by atoms with E-state index in [9.17, 15) is 9.59 Å². The van der Waals surface area contributed by atoms with Gasteiger partial charge in [-0.05, 0) is 56.5 Å². The van der Waals surface area contributed by atoms with Crippen LogP contribution in [0, 0.1) is 5.92 Å². The van der Waals surface area contributed by atoms with Crippen LogP contribution >= 0.6 is 22.9 Å². The van der Waals surface area contributed by atoms with Gasteiger partial charge < -0.3 is 14.2 Å². The number of fused-ring (bicyclic) bond motifs is 1. The van der Waals surface area contributed by atoms with Crippen LogP contribution in [0.25, 0.3) is 11.0 Å². The Bertz CT molecular complexity index is 1130. The average molecular weight is 506 g/mol. The molecule has 3 amide bonds. The van der Waals surface area contributed by atoms with E-state index in [2.05, 4.69) is 15.6 Å². The fraction of sp³-hybridized carbons (Fsp3) is 0.458. The lowest BCUT2D eigenvalue weighted by molar-refractivity contribution is -0.122. The molecular formula is C24H32ClN5O3S. The minimum Gasteiger partial charge on any atom is -0.382 e. The first-order valence-electron chi connectivity index (χ1n) is 11.6. The van der Waals surface area contributed by atoms with Crippen molar-refractivity contribution in [1.29, 1.82) is 0 Å². The molecule has 184 valence electrons. The van der Waals surface area contributed by atoms with Crippen molar-refractivity contribution in [3.05, 3.63) is 34.7 Å². The zero-order valence-corrected chi connectivity index (χ0v) is 21.6. The molecule has 0 bridgehead atoms. The van der Waals surface area contributed by atoms with Crippen molar-refractivity contribution >= 4 is 62.5 Å². The lowest BCUT2D eigenvalue weighted by Gasteiger charge is -2.22. The molecule has 0 spiro atoms. The van der Waals surface area contributed by atoms with Gasteiger partial charge in [-0.1, -0.05) is 25.4 Å². The zero-order chi connectivity index (χ0) is 24.7. The summed E-state index contributed by atoms with van der Waals surface area (Å²) in [6, 6.07) is 8.82. The Morgan fingerprint density at radius 3 is 2.59 bits per heavy atom. The molecule has 2 aromatic heterocycles. The summed E-state index contributed by atoms with van der Waals surface area (Å²) >= 11 is 7.24. The molecule has 3 aromatic rings. The summed E-state index contributed by atoms with van der Waals surface area (Å²) in [6.07, 6.45) is 2.37. The SMILES string of the molecule is CCOCCCn1c(NC(=O)Nc2ccc(Cl)s2)nc2cc(N(C)C(=O)C(CC)CC)ccc21. The van der Waals surface area contributed by atoms with Gasteiger partial charge in [0.2, 0.25) is 11.9 Å². The number of thiophene rings is 1. The molecule has 0 unspecified atom stereocenters. The second-order valence-electron chi connectivity index (χ2n) is 7.90. The van der Waals surface area contributed by atoms with E-state index in [0.717, 1.165) is 30.5 Å². The van der Waals surface area contributed by atoms with Gasteiger partial charge >= 0.3 is 6.03 Å². The van der Waals surface area contributed by atoms with E-state index in [1.807, 2.05) is 43.5 Å². The fourth-order valence-electron chi connectivity index (χ4n) is 3.78. The molecule has 1 aromatic carbocycles. The van der Waals surface area contributed by atoms with Gasteiger partial charge in [-0.2, -0.15) is 0 Å². The third-order valence-electron chi connectivity index (χ3n) is 5.69. The van der Waals surface area contributed by atoms with E-state index < -0.39 is 6.03 Å². The van der Waals surface area contributed by atoms with Gasteiger partial charge in [0.05, 0.1) is 20.4 Å². The third-order valence-corrected chi connectivity index (χ3v) is 6.84. The Kier molecular flexibility index (Phi) is 9.32. The molecule has 2 N–H and O–H groups in total. The number of anilines is 3. The summed E-state index contributed by atoms with van der Waals surface area (Å²) in [6.45, 7) is 7.91. The first kappa shape index (κ1) is 26.0. The van der Waals surface area contributed by atoms with Gasteiger partial charge in [0.15, 0.2) is 0 Å². The monoisotopic (exact) mass is 505 g/mol. The second kappa shape index (κ2) is 12.2. The van der Waals surface area contributed by atoms with Crippen molar-refractivity contribution in [2.45, 2.75) is 46.6 Å². The van der Waals surface area contributed by atoms with E-state index in [4.69, 9.17) is 16.3 Å². The lowest BCUT2D eigenvalue weighted by atomic mass is 10.0. The summed E-state index contributed by atoms with van der Waals surface area (Å²) in [5.74, 6) is 0.508. The minimum atomic E-state index is -0.402. The van der Waals surface area contributed by atoms with Crippen LogP contribution in [0.2, 0.25) is 4.34 Å². The molecule has 3 rings (SSSR count). The molecule has 0 saturated heterocycles. The molecular weight excluding hydrogens is 474 g/mol. The van der Waals surface area contributed by atoms with E-state index in [1.54, 1.807) is 24.1 Å². The van der Waals surface area contributed by atoms with E-state index in [0.29, 0.717) is 40.6 Å². The largest absolute Gasteiger partial charge is 0.382 e. The number of hydrogen-bond acceptors (Lipinski definition) is 5. The molecule has 0 aliphatic carbocycles. The number of imidazole rings is 1. The van der Waals surface area contributed by atoms with E-state index >= 15 is 0 Å². The van der Waals surface area contributed by atoms with Crippen molar-refractivity contribution in [2.75, 3.05) is 35.8 Å². The maximum atomic E-state index is 12.9. The summed E-state index contributed by atoms with van der Waals surface area (Å²) in [5.41, 5.74) is 2.35. The van der Waals surface area contributed by atoms with Crippen molar-refractivity contribution in [3.8, 4) is 0 Å². The smallest absolute Gasteiger partial charge is 0.326 e. The number of rotatable bonds is 11. The van der Waals surface area contributed by atoms with Crippen LogP contribution < -0.4 is 15.5 Å². The van der Waals surface area contributed by atoms with Gasteiger partial charge in [0.1, 0.15) is 0 Å². The van der Waals surface area contributed by atoms with Crippen molar-refractivity contribution in [1.82, 2.24) is 9.55 Å². The molecule has 0 radical (unpaired) electrons. The number of halogens is 1. The lowest BCUT2D eigenvalue weighted by Crippen LogP contribution is -2.32. The Balaban J connectivity index is 1.87. The molecule has 10 heteroatoms. The van der Waals surface area contributed by atoms with Crippen LogP contribution in [0.1, 0.15) is 40.0 Å². The summed E-state index contributed by atoms with van der Waals surface area (Å²) in [4.78, 5) is 31.8. The number of urea groups is 1. The van der Waals surface area contributed by atoms with Crippen LogP contribution in [0.15, 0.2) is 30.3 Å². The number of carbonyl (C=O) groups excluding carboxylic acids is 2. The second-order valence-corrected chi connectivity index (χ2v) is 9.62. The van der Waals surface area contributed by atoms with E-state index in [1.165, 1.54) is 11.3 Å². The molecule has 34 heavy (non-hydrogen) atoms.